The summed E-state index contributed by atoms with van der Waals surface area (Å²) in [6.45, 7) is 2.82. The van der Waals surface area contributed by atoms with Crippen molar-refractivity contribution >= 4 is 15.9 Å². The van der Waals surface area contributed by atoms with Gasteiger partial charge in [-0.2, -0.15) is 0 Å². The molecule has 1 saturated heterocycles. The third kappa shape index (κ3) is 6.24. The minimum Gasteiger partial charge on any atom is -0.349 e. The molecule has 2 aromatic rings. The Labute approximate surface area is 198 Å². The Kier molecular flexibility index (Phi) is 7.86. The fraction of sp³-hybridized carbons (Fsp3) is 0.519. The number of rotatable bonds is 8. The van der Waals surface area contributed by atoms with Gasteiger partial charge in [0.2, 0.25) is 15.9 Å². The van der Waals surface area contributed by atoms with Crippen molar-refractivity contribution in [2.45, 2.75) is 64.3 Å². The normalized spacial score (nSPS) is 20.1. The molecule has 6 heteroatoms. The van der Waals surface area contributed by atoms with E-state index < -0.39 is 10.0 Å². The maximum atomic E-state index is 13.0. The van der Waals surface area contributed by atoms with Crippen LogP contribution in [-0.4, -0.2) is 37.5 Å². The van der Waals surface area contributed by atoms with Crippen molar-refractivity contribution in [2.75, 3.05) is 18.8 Å². The summed E-state index contributed by atoms with van der Waals surface area (Å²) in [6, 6.07) is 16.5. The molecule has 2 atom stereocenters. The predicted octanol–water partition coefficient (Wildman–Crippen LogP) is 4.42. The molecule has 33 heavy (non-hydrogen) atoms. The summed E-state index contributed by atoms with van der Waals surface area (Å²) >= 11 is 0. The van der Waals surface area contributed by atoms with Crippen LogP contribution in [0.5, 0.6) is 0 Å². The second kappa shape index (κ2) is 10.8. The van der Waals surface area contributed by atoms with Gasteiger partial charge >= 0.3 is 0 Å². The lowest BCUT2D eigenvalue weighted by molar-refractivity contribution is -0.126. The van der Waals surface area contributed by atoms with E-state index in [4.69, 9.17) is 0 Å². The van der Waals surface area contributed by atoms with Crippen molar-refractivity contribution < 1.29 is 13.2 Å². The largest absolute Gasteiger partial charge is 0.349 e. The summed E-state index contributed by atoms with van der Waals surface area (Å²) in [6.07, 6.45) is 7.55. The molecule has 1 aliphatic carbocycles. The summed E-state index contributed by atoms with van der Waals surface area (Å²) < 4.78 is 27.4. The first-order valence-corrected chi connectivity index (χ1v) is 14.0. The first kappa shape index (κ1) is 24.0. The molecule has 2 aliphatic rings. The Bertz CT molecular complexity index is 1050. The van der Waals surface area contributed by atoms with Crippen LogP contribution in [0.25, 0.3) is 0 Å². The minimum atomic E-state index is -3.36. The number of sulfonamides is 1. The number of hydrogen-bond donors (Lipinski definition) is 1. The van der Waals surface area contributed by atoms with Crippen LogP contribution in [-0.2, 0) is 34.1 Å². The summed E-state index contributed by atoms with van der Waals surface area (Å²) in [7, 11) is -3.36. The van der Waals surface area contributed by atoms with Crippen LogP contribution < -0.4 is 5.32 Å². The van der Waals surface area contributed by atoms with Gasteiger partial charge in [0.1, 0.15) is 0 Å². The van der Waals surface area contributed by atoms with Gasteiger partial charge in [-0.25, -0.2) is 12.7 Å². The van der Waals surface area contributed by atoms with Gasteiger partial charge in [0, 0.05) is 13.1 Å². The van der Waals surface area contributed by atoms with Gasteiger partial charge in [0.05, 0.1) is 17.7 Å². The molecule has 2 aromatic carbocycles. The molecule has 0 unspecified atom stereocenters. The zero-order chi connectivity index (χ0) is 23.3. The number of benzene rings is 2. The Morgan fingerprint density at radius 3 is 2.61 bits per heavy atom. The fourth-order valence-electron chi connectivity index (χ4n) is 5.08. The third-order valence-electron chi connectivity index (χ3n) is 7.09. The number of carbonyl (C=O) groups excluding carboxylic acids is 1. The standard InChI is InChI=1S/C27H36N2O3S/c1-21(24-16-15-23-12-5-6-13-25(23)19-24)28-27(30)26-14-7-17-29(20-26)33(31,32)18-8-11-22-9-3-2-4-10-22/h2-4,9-10,15-16,19,21,26H,5-8,11-14,17-18,20H2,1H3,(H,28,30)/t21-,26+/m0/s1. The summed E-state index contributed by atoms with van der Waals surface area (Å²) in [5.74, 6) is -0.200. The number of nitrogens with one attached hydrogen (secondary N) is 1. The number of piperidine rings is 1. The van der Waals surface area contributed by atoms with E-state index in [1.807, 2.05) is 37.3 Å². The molecule has 5 nitrogen and oxygen atoms in total. The van der Waals surface area contributed by atoms with Crippen molar-refractivity contribution in [3.8, 4) is 0 Å². The van der Waals surface area contributed by atoms with Crippen molar-refractivity contribution in [3.63, 3.8) is 0 Å². The van der Waals surface area contributed by atoms with E-state index in [1.165, 1.54) is 28.3 Å². The highest BCUT2D eigenvalue weighted by molar-refractivity contribution is 7.89. The van der Waals surface area contributed by atoms with Crippen molar-refractivity contribution in [3.05, 3.63) is 70.8 Å². The van der Waals surface area contributed by atoms with Crippen molar-refractivity contribution in [1.82, 2.24) is 9.62 Å². The van der Waals surface area contributed by atoms with Crippen LogP contribution in [0.4, 0.5) is 0 Å². The van der Waals surface area contributed by atoms with Gasteiger partial charge in [-0.3, -0.25) is 4.79 Å². The van der Waals surface area contributed by atoms with E-state index in [1.54, 1.807) is 0 Å². The maximum Gasteiger partial charge on any atom is 0.224 e. The molecule has 0 radical (unpaired) electrons. The molecule has 0 bridgehead atoms. The molecule has 0 saturated carbocycles. The molecule has 1 aliphatic heterocycles. The molecule has 178 valence electrons. The number of hydrogen-bond acceptors (Lipinski definition) is 3. The fourth-order valence-corrected chi connectivity index (χ4v) is 6.66. The minimum absolute atomic E-state index is 0.0376. The van der Waals surface area contributed by atoms with E-state index >= 15 is 0 Å². The predicted molar refractivity (Wildman–Crippen MR) is 132 cm³/mol. The van der Waals surface area contributed by atoms with Crippen molar-refractivity contribution in [2.24, 2.45) is 5.92 Å². The molecular weight excluding hydrogens is 432 g/mol. The van der Waals surface area contributed by atoms with Crippen LogP contribution in [0, 0.1) is 5.92 Å². The molecule has 1 fully saturated rings. The second-order valence-corrected chi connectivity index (χ2v) is 11.7. The van der Waals surface area contributed by atoms with E-state index in [0.717, 1.165) is 43.2 Å². The van der Waals surface area contributed by atoms with Gasteiger partial charge in [0.25, 0.3) is 0 Å². The van der Waals surface area contributed by atoms with Gasteiger partial charge < -0.3 is 5.32 Å². The number of aryl methyl sites for hydroxylation is 3. The Balaban J connectivity index is 1.31. The third-order valence-corrected chi connectivity index (χ3v) is 9.01. The monoisotopic (exact) mass is 468 g/mol. The molecule has 1 heterocycles. The first-order valence-electron chi connectivity index (χ1n) is 12.4. The Morgan fingerprint density at radius 1 is 1.06 bits per heavy atom. The highest BCUT2D eigenvalue weighted by Crippen LogP contribution is 2.26. The van der Waals surface area contributed by atoms with Gasteiger partial charge in [-0.05, 0) is 80.5 Å². The van der Waals surface area contributed by atoms with Gasteiger partial charge in [0.15, 0.2) is 0 Å². The average molecular weight is 469 g/mol. The second-order valence-electron chi connectivity index (χ2n) is 9.57. The maximum absolute atomic E-state index is 13.0. The highest BCUT2D eigenvalue weighted by atomic mass is 32.2. The van der Waals surface area contributed by atoms with E-state index in [2.05, 4.69) is 23.5 Å². The van der Waals surface area contributed by atoms with Crippen LogP contribution >= 0.6 is 0 Å². The first-order chi connectivity index (χ1) is 15.9. The zero-order valence-electron chi connectivity index (χ0n) is 19.6. The molecule has 0 aromatic heterocycles. The molecule has 4 rings (SSSR count). The lowest BCUT2D eigenvalue weighted by Gasteiger charge is -2.32. The van der Waals surface area contributed by atoms with E-state index in [-0.39, 0.29) is 30.2 Å². The van der Waals surface area contributed by atoms with Crippen LogP contribution in [0.3, 0.4) is 0 Å². The molecule has 0 spiro atoms. The Hall–Kier alpha value is -2.18. The molecular formula is C27H36N2O3S. The molecule has 1 amide bonds. The van der Waals surface area contributed by atoms with Crippen LogP contribution in [0.2, 0.25) is 0 Å². The number of fused-ring (bicyclic) bond motifs is 1. The van der Waals surface area contributed by atoms with Crippen LogP contribution in [0.1, 0.15) is 67.3 Å². The summed E-state index contributed by atoms with van der Waals surface area (Å²) in [5.41, 5.74) is 5.12. The number of nitrogens with zero attached hydrogens (tertiary/aromatic N) is 1. The zero-order valence-corrected chi connectivity index (χ0v) is 20.4. The Morgan fingerprint density at radius 2 is 1.82 bits per heavy atom. The van der Waals surface area contributed by atoms with Crippen molar-refractivity contribution in [1.29, 1.82) is 0 Å². The quantitative estimate of drug-likeness (QED) is 0.624. The summed E-state index contributed by atoms with van der Waals surface area (Å²) in [5, 5.41) is 3.15. The summed E-state index contributed by atoms with van der Waals surface area (Å²) in [4.78, 5) is 13.0. The van der Waals surface area contributed by atoms with Gasteiger partial charge in [-0.15, -0.1) is 0 Å². The number of amides is 1. The smallest absolute Gasteiger partial charge is 0.224 e. The lowest BCUT2D eigenvalue weighted by Crippen LogP contribution is -2.46. The van der Waals surface area contributed by atoms with Crippen LogP contribution in [0.15, 0.2) is 48.5 Å². The van der Waals surface area contributed by atoms with E-state index in [0.29, 0.717) is 13.0 Å². The highest BCUT2D eigenvalue weighted by Gasteiger charge is 2.32. The van der Waals surface area contributed by atoms with E-state index in [9.17, 15) is 13.2 Å². The SMILES string of the molecule is C[C@H](NC(=O)[C@@H]1CCCN(S(=O)(=O)CCCc2ccccc2)C1)c1ccc2c(c1)CCCC2. The van der Waals surface area contributed by atoms with Gasteiger partial charge in [-0.1, -0.05) is 48.5 Å². The topological polar surface area (TPSA) is 66.5 Å². The molecule has 1 N–H and O–H groups in total. The average Bonchev–Trinajstić information content (AvgIpc) is 2.84. The number of carbonyl (C=O) groups is 1. The lowest BCUT2D eigenvalue weighted by atomic mass is 9.89.